The molecule has 8 nitrogen and oxygen atoms in total. The van der Waals surface area contributed by atoms with Crippen LogP contribution < -0.4 is 20.3 Å². The van der Waals surface area contributed by atoms with Crippen molar-refractivity contribution < 1.29 is 19.0 Å². The molecule has 204 valence electrons. The van der Waals surface area contributed by atoms with Gasteiger partial charge in [0, 0.05) is 5.41 Å². The molecule has 0 aliphatic carbocycles. The number of carbonyl (C=O) groups is 1. The van der Waals surface area contributed by atoms with Gasteiger partial charge in [-0.1, -0.05) is 49.2 Å². The maximum atomic E-state index is 12.4. The van der Waals surface area contributed by atoms with Gasteiger partial charge in [-0.2, -0.15) is 0 Å². The molecule has 3 aromatic rings. The lowest BCUT2D eigenvalue weighted by Crippen LogP contribution is -2.42. The summed E-state index contributed by atoms with van der Waals surface area (Å²) < 4.78 is 16.8. The molecule has 38 heavy (non-hydrogen) atoms. The SMILES string of the molecule is CC(C)(C)OC(=O)N(N)c1cncnc1COc1ccc(C(C)(C)c2cc(Cl)c(OCCCl)c(Cl)c2)cc1. The Kier molecular flexibility index (Phi) is 9.70. The van der Waals surface area contributed by atoms with E-state index in [-0.39, 0.29) is 12.3 Å². The number of halogens is 3. The van der Waals surface area contributed by atoms with E-state index < -0.39 is 17.1 Å². The molecule has 0 radical (unpaired) electrons. The Morgan fingerprint density at radius 3 is 2.21 bits per heavy atom. The predicted octanol–water partition coefficient (Wildman–Crippen LogP) is 6.92. The molecule has 1 amide bonds. The van der Waals surface area contributed by atoms with Crippen molar-refractivity contribution in [3.05, 3.63) is 75.8 Å². The van der Waals surface area contributed by atoms with E-state index in [4.69, 9.17) is 54.9 Å². The number of hydrogen-bond donors (Lipinski definition) is 1. The van der Waals surface area contributed by atoms with Crippen LogP contribution in [0.4, 0.5) is 10.5 Å². The fourth-order valence-electron chi connectivity index (χ4n) is 3.55. The molecule has 0 saturated carbocycles. The van der Waals surface area contributed by atoms with Gasteiger partial charge in [-0.3, -0.25) is 0 Å². The predicted molar refractivity (Wildman–Crippen MR) is 151 cm³/mol. The van der Waals surface area contributed by atoms with Gasteiger partial charge in [0.15, 0.2) is 5.75 Å². The summed E-state index contributed by atoms with van der Waals surface area (Å²) in [6, 6.07) is 11.3. The van der Waals surface area contributed by atoms with Gasteiger partial charge in [-0.05, 0) is 56.2 Å². The van der Waals surface area contributed by atoms with E-state index in [0.717, 1.165) is 16.1 Å². The van der Waals surface area contributed by atoms with Crippen LogP contribution in [-0.2, 0) is 16.8 Å². The molecular formula is C27H31Cl3N4O4. The van der Waals surface area contributed by atoms with Crippen LogP contribution in [0, 0.1) is 0 Å². The van der Waals surface area contributed by atoms with Crippen LogP contribution in [0.3, 0.4) is 0 Å². The highest BCUT2D eigenvalue weighted by molar-refractivity contribution is 6.37. The molecule has 1 aromatic heterocycles. The molecule has 3 rings (SSSR count). The lowest BCUT2D eigenvalue weighted by atomic mass is 9.78. The number of amides is 1. The van der Waals surface area contributed by atoms with Crippen LogP contribution in [0.15, 0.2) is 48.9 Å². The molecular weight excluding hydrogens is 551 g/mol. The number of alkyl halides is 1. The molecule has 0 bridgehead atoms. The van der Waals surface area contributed by atoms with Crippen molar-refractivity contribution in [2.75, 3.05) is 17.5 Å². The second kappa shape index (κ2) is 12.4. The van der Waals surface area contributed by atoms with Gasteiger partial charge in [0.05, 0.1) is 22.1 Å². The Balaban J connectivity index is 1.74. The van der Waals surface area contributed by atoms with Crippen molar-refractivity contribution in [1.29, 1.82) is 0 Å². The molecule has 0 atom stereocenters. The molecule has 0 saturated heterocycles. The summed E-state index contributed by atoms with van der Waals surface area (Å²) in [6.07, 6.45) is 2.07. The van der Waals surface area contributed by atoms with Crippen molar-refractivity contribution in [2.45, 2.75) is 52.2 Å². The van der Waals surface area contributed by atoms with Crippen molar-refractivity contribution in [3.63, 3.8) is 0 Å². The summed E-state index contributed by atoms with van der Waals surface area (Å²) >= 11 is 18.6. The smallest absolute Gasteiger partial charge is 0.429 e. The standard InChI is InChI=1S/C27H31Cl3N4O4/c1-26(2,3)38-25(35)34(31)23-14-32-16-33-22(23)15-37-19-8-6-17(7-9-19)27(4,5)18-12-20(29)24(21(30)13-18)36-11-10-28/h6-9,12-14,16H,10-11,15,31H2,1-5H3. The molecule has 2 aromatic carbocycles. The molecule has 2 N–H and O–H groups in total. The molecule has 0 spiro atoms. The maximum Gasteiger partial charge on any atom is 0.429 e. The Morgan fingerprint density at radius 2 is 1.63 bits per heavy atom. The number of ether oxygens (including phenoxy) is 3. The van der Waals surface area contributed by atoms with Crippen LogP contribution in [0.1, 0.15) is 51.4 Å². The Morgan fingerprint density at radius 1 is 1.00 bits per heavy atom. The highest BCUT2D eigenvalue weighted by Crippen LogP contribution is 2.40. The number of nitrogens with zero attached hydrogens (tertiary/aromatic N) is 3. The molecule has 0 fully saturated rings. The van der Waals surface area contributed by atoms with Gasteiger partial charge < -0.3 is 14.2 Å². The lowest BCUT2D eigenvalue weighted by Gasteiger charge is -2.27. The Bertz CT molecular complexity index is 1240. The van der Waals surface area contributed by atoms with Gasteiger partial charge in [0.1, 0.15) is 42.3 Å². The molecule has 0 aliphatic rings. The lowest BCUT2D eigenvalue weighted by molar-refractivity contribution is 0.0579. The number of benzene rings is 2. The third kappa shape index (κ3) is 7.41. The van der Waals surface area contributed by atoms with Crippen LogP contribution in [0.25, 0.3) is 0 Å². The monoisotopic (exact) mass is 580 g/mol. The van der Waals surface area contributed by atoms with Gasteiger partial charge in [-0.15, -0.1) is 11.6 Å². The van der Waals surface area contributed by atoms with Crippen LogP contribution in [0.2, 0.25) is 10.0 Å². The fraction of sp³-hybridized carbons (Fsp3) is 0.370. The molecule has 1 heterocycles. The summed E-state index contributed by atoms with van der Waals surface area (Å²) in [4.78, 5) is 20.6. The Hall–Kier alpha value is -2.78. The summed E-state index contributed by atoms with van der Waals surface area (Å²) in [6.45, 7) is 9.78. The van der Waals surface area contributed by atoms with E-state index in [2.05, 4.69) is 23.8 Å². The van der Waals surface area contributed by atoms with E-state index >= 15 is 0 Å². The topological polar surface area (TPSA) is 99.8 Å². The summed E-state index contributed by atoms with van der Waals surface area (Å²) in [5, 5.41) is 1.72. The molecule has 11 heteroatoms. The number of nitrogens with two attached hydrogens (primary N) is 1. The number of hydrazine groups is 1. The van der Waals surface area contributed by atoms with E-state index in [1.165, 1.54) is 12.5 Å². The van der Waals surface area contributed by atoms with Gasteiger partial charge >= 0.3 is 6.09 Å². The van der Waals surface area contributed by atoms with E-state index in [9.17, 15) is 4.79 Å². The van der Waals surface area contributed by atoms with Crippen LogP contribution in [0.5, 0.6) is 11.5 Å². The first-order valence-electron chi connectivity index (χ1n) is 11.8. The average molecular weight is 582 g/mol. The number of carbonyl (C=O) groups excluding carboxylic acids is 1. The van der Waals surface area contributed by atoms with Crippen molar-refractivity contribution in [1.82, 2.24) is 9.97 Å². The average Bonchev–Trinajstić information content (AvgIpc) is 2.86. The number of aromatic nitrogens is 2. The zero-order valence-electron chi connectivity index (χ0n) is 21.9. The maximum absolute atomic E-state index is 12.4. The van der Waals surface area contributed by atoms with Crippen molar-refractivity contribution in [2.24, 2.45) is 5.84 Å². The summed E-state index contributed by atoms with van der Waals surface area (Å²) in [5.74, 6) is 7.35. The highest BCUT2D eigenvalue weighted by atomic mass is 35.5. The normalized spacial score (nSPS) is 11.7. The van der Waals surface area contributed by atoms with E-state index in [0.29, 0.717) is 39.7 Å². The highest BCUT2D eigenvalue weighted by Gasteiger charge is 2.26. The first-order chi connectivity index (χ1) is 17.8. The first kappa shape index (κ1) is 29.8. The van der Waals surface area contributed by atoms with Gasteiger partial charge in [-0.25, -0.2) is 25.6 Å². The first-order valence-corrected chi connectivity index (χ1v) is 13.1. The number of anilines is 1. The number of hydrogen-bond acceptors (Lipinski definition) is 7. The number of rotatable bonds is 9. The minimum absolute atomic E-state index is 0.0616. The second-order valence-electron chi connectivity index (χ2n) is 9.95. The molecule has 0 aliphatic heterocycles. The summed E-state index contributed by atoms with van der Waals surface area (Å²) in [5.41, 5.74) is 1.55. The van der Waals surface area contributed by atoms with Crippen LogP contribution >= 0.6 is 34.8 Å². The Labute approximate surface area is 237 Å². The minimum atomic E-state index is -0.723. The van der Waals surface area contributed by atoms with E-state index in [1.807, 2.05) is 36.4 Å². The van der Waals surface area contributed by atoms with Gasteiger partial charge in [0.25, 0.3) is 0 Å². The quantitative estimate of drug-likeness (QED) is 0.127. The van der Waals surface area contributed by atoms with Crippen LogP contribution in [-0.4, -0.2) is 34.1 Å². The van der Waals surface area contributed by atoms with Gasteiger partial charge in [0.2, 0.25) is 0 Å². The van der Waals surface area contributed by atoms with Crippen molar-refractivity contribution >= 4 is 46.6 Å². The summed E-state index contributed by atoms with van der Waals surface area (Å²) in [7, 11) is 0. The third-order valence-electron chi connectivity index (χ3n) is 5.62. The minimum Gasteiger partial charge on any atom is -0.489 e. The zero-order chi connectivity index (χ0) is 28.1. The zero-order valence-corrected chi connectivity index (χ0v) is 24.2. The third-order valence-corrected chi connectivity index (χ3v) is 6.33. The molecule has 0 unspecified atom stereocenters. The second-order valence-corrected chi connectivity index (χ2v) is 11.1. The van der Waals surface area contributed by atoms with E-state index in [1.54, 1.807) is 20.8 Å². The fourth-order valence-corrected chi connectivity index (χ4v) is 4.23. The van der Waals surface area contributed by atoms with Crippen molar-refractivity contribution in [3.8, 4) is 11.5 Å². The largest absolute Gasteiger partial charge is 0.489 e.